The number of amides is 1. The molecule has 1 fully saturated rings. The summed E-state index contributed by atoms with van der Waals surface area (Å²) < 4.78 is 1.07. The smallest absolute Gasteiger partial charge is 0.236 e. The van der Waals surface area contributed by atoms with Gasteiger partial charge in [0.1, 0.15) is 0 Å². The van der Waals surface area contributed by atoms with Crippen LogP contribution in [0.4, 0.5) is 0 Å². The van der Waals surface area contributed by atoms with Crippen LogP contribution in [0.15, 0.2) is 28.7 Å². The Morgan fingerprint density at radius 1 is 1.44 bits per heavy atom. The molecule has 0 heterocycles. The molecule has 1 aliphatic rings. The highest BCUT2D eigenvalue weighted by Crippen LogP contribution is 2.25. The van der Waals surface area contributed by atoms with E-state index < -0.39 is 0 Å². The second kappa shape index (κ2) is 5.85. The fraction of sp³-hybridized carbons (Fsp3) is 0.500. The van der Waals surface area contributed by atoms with Crippen molar-refractivity contribution >= 4 is 21.8 Å². The third-order valence-electron chi connectivity index (χ3n) is 3.42. The van der Waals surface area contributed by atoms with Crippen molar-refractivity contribution in [3.05, 3.63) is 34.3 Å². The van der Waals surface area contributed by atoms with Crippen LogP contribution in [-0.2, 0) is 4.79 Å². The Morgan fingerprint density at radius 2 is 2.06 bits per heavy atom. The first kappa shape index (κ1) is 13.6. The van der Waals surface area contributed by atoms with Gasteiger partial charge in [-0.3, -0.25) is 4.79 Å². The fourth-order valence-electron chi connectivity index (χ4n) is 1.90. The zero-order valence-electron chi connectivity index (χ0n) is 10.8. The van der Waals surface area contributed by atoms with Crippen LogP contribution in [0.25, 0.3) is 0 Å². The van der Waals surface area contributed by atoms with Gasteiger partial charge in [0, 0.05) is 23.6 Å². The van der Waals surface area contributed by atoms with Crippen molar-refractivity contribution in [1.82, 2.24) is 10.2 Å². The second-order valence-electron chi connectivity index (χ2n) is 4.89. The molecule has 2 rings (SSSR count). The Bertz CT molecular complexity index is 414. The number of halogens is 1. The molecule has 0 aliphatic heterocycles. The van der Waals surface area contributed by atoms with Crippen molar-refractivity contribution in [2.45, 2.75) is 31.8 Å². The topological polar surface area (TPSA) is 32.3 Å². The lowest BCUT2D eigenvalue weighted by Gasteiger charge is -2.19. The van der Waals surface area contributed by atoms with E-state index in [-0.39, 0.29) is 11.9 Å². The molecule has 4 heteroatoms. The second-order valence-corrected chi connectivity index (χ2v) is 5.81. The predicted molar refractivity (Wildman–Crippen MR) is 76.4 cm³/mol. The minimum absolute atomic E-state index is 0.182. The van der Waals surface area contributed by atoms with Crippen LogP contribution in [0.1, 0.15) is 31.4 Å². The molecule has 1 atom stereocenters. The first-order valence-corrected chi connectivity index (χ1v) is 7.11. The zero-order chi connectivity index (χ0) is 13.1. The maximum Gasteiger partial charge on any atom is 0.236 e. The Kier molecular flexibility index (Phi) is 4.40. The number of carbonyl (C=O) groups excluding carboxylic acids is 1. The van der Waals surface area contributed by atoms with Gasteiger partial charge in [-0.15, -0.1) is 0 Å². The number of likely N-dealkylation sites (N-methyl/N-ethyl adjacent to an activating group) is 1. The Hall–Kier alpha value is -0.870. The summed E-state index contributed by atoms with van der Waals surface area (Å²) in [7, 11) is 1.89. The Labute approximate surface area is 117 Å². The average molecular weight is 311 g/mol. The molecule has 0 saturated heterocycles. The van der Waals surface area contributed by atoms with Gasteiger partial charge in [-0.05, 0) is 37.5 Å². The molecule has 1 aromatic rings. The molecule has 18 heavy (non-hydrogen) atoms. The van der Waals surface area contributed by atoms with E-state index in [9.17, 15) is 4.79 Å². The van der Waals surface area contributed by atoms with E-state index in [1.165, 1.54) is 5.56 Å². The monoisotopic (exact) mass is 310 g/mol. The number of nitrogens with zero attached hydrogens (tertiary/aromatic N) is 1. The van der Waals surface area contributed by atoms with Crippen molar-refractivity contribution in [3.8, 4) is 0 Å². The summed E-state index contributed by atoms with van der Waals surface area (Å²) in [6, 6.07) is 8.85. The Morgan fingerprint density at radius 3 is 2.61 bits per heavy atom. The minimum Gasteiger partial charge on any atom is -0.342 e. The summed E-state index contributed by atoms with van der Waals surface area (Å²) in [5.74, 6) is 0.182. The van der Waals surface area contributed by atoms with E-state index >= 15 is 0 Å². The van der Waals surface area contributed by atoms with Gasteiger partial charge in [-0.2, -0.15) is 0 Å². The molecule has 1 saturated carbocycles. The molecule has 1 aliphatic carbocycles. The molecule has 0 bridgehead atoms. The number of carbonyl (C=O) groups is 1. The first-order valence-electron chi connectivity index (χ1n) is 6.32. The summed E-state index contributed by atoms with van der Waals surface area (Å²) in [6.45, 7) is 2.48. The van der Waals surface area contributed by atoms with Crippen molar-refractivity contribution in [2.24, 2.45) is 0 Å². The SMILES string of the molecule is CC(NCC(=O)N(C)C1CC1)c1ccc(Br)cc1. The summed E-state index contributed by atoms with van der Waals surface area (Å²) in [5.41, 5.74) is 1.19. The maximum atomic E-state index is 11.9. The molecule has 1 amide bonds. The predicted octanol–water partition coefficient (Wildman–Crippen LogP) is 2.72. The fourth-order valence-corrected chi connectivity index (χ4v) is 2.16. The number of benzene rings is 1. The largest absolute Gasteiger partial charge is 0.342 e. The van der Waals surface area contributed by atoms with Crippen LogP contribution in [-0.4, -0.2) is 30.4 Å². The highest BCUT2D eigenvalue weighted by molar-refractivity contribution is 9.10. The van der Waals surface area contributed by atoms with Crippen LogP contribution in [0.3, 0.4) is 0 Å². The molecule has 0 radical (unpaired) electrons. The van der Waals surface area contributed by atoms with E-state index in [1.54, 1.807) is 0 Å². The highest BCUT2D eigenvalue weighted by Gasteiger charge is 2.29. The molecular weight excluding hydrogens is 292 g/mol. The quantitative estimate of drug-likeness (QED) is 0.907. The maximum absolute atomic E-state index is 11.9. The molecule has 3 nitrogen and oxygen atoms in total. The normalized spacial score (nSPS) is 16.4. The lowest BCUT2D eigenvalue weighted by molar-refractivity contribution is -0.129. The van der Waals surface area contributed by atoms with Crippen LogP contribution in [0.2, 0.25) is 0 Å². The summed E-state index contributed by atoms with van der Waals surface area (Å²) >= 11 is 3.42. The van der Waals surface area contributed by atoms with Crippen LogP contribution in [0, 0.1) is 0 Å². The summed E-state index contributed by atoms with van der Waals surface area (Å²) in [5, 5.41) is 3.28. The van der Waals surface area contributed by atoms with E-state index in [4.69, 9.17) is 0 Å². The lowest BCUT2D eigenvalue weighted by Crippen LogP contribution is -2.37. The van der Waals surface area contributed by atoms with Gasteiger partial charge < -0.3 is 10.2 Å². The Balaban J connectivity index is 1.82. The standard InChI is InChI=1S/C14H19BrN2O/c1-10(11-3-5-12(15)6-4-11)16-9-14(18)17(2)13-7-8-13/h3-6,10,13,16H,7-9H2,1-2H3. The highest BCUT2D eigenvalue weighted by atomic mass is 79.9. The van der Waals surface area contributed by atoms with Gasteiger partial charge in [0.25, 0.3) is 0 Å². The molecule has 0 spiro atoms. The van der Waals surface area contributed by atoms with Gasteiger partial charge in [-0.1, -0.05) is 28.1 Å². The number of hydrogen-bond acceptors (Lipinski definition) is 2. The van der Waals surface area contributed by atoms with E-state index in [2.05, 4.69) is 40.3 Å². The van der Waals surface area contributed by atoms with Crippen molar-refractivity contribution in [2.75, 3.05) is 13.6 Å². The van der Waals surface area contributed by atoms with E-state index in [1.807, 2.05) is 24.1 Å². The molecule has 0 aromatic heterocycles. The lowest BCUT2D eigenvalue weighted by atomic mass is 10.1. The van der Waals surface area contributed by atoms with Gasteiger partial charge in [-0.25, -0.2) is 0 Å². The molecule has 1 aromatic carbocycles. The number of nitrogens with one attached hydrogen (secondary N) is 1. The van der Waals surface area contributed by atoms with Gasteiger partial charge in [0.15, 0.2) is 0 Å². The van der Waals surface area contributed by atoms with Crippen molar-refractivity contribution in [1.29, 1.82) is 0 Å². The number of rotatable bonds is 5. The third-order valence-corrected chi connectivity index (χ3v) is 3.95. The minimum atomic E-state index is 0.182. The third kappa shape index (κ3) is 3.56. The molecular formula is C14H19BrN2O. The van der Waals surface area contributed by atoms with Gasteiger partial charge in [0.2, 0.25) is 5.91 Å². The van der Waals surface area contributed by atoms with Crippen molar-refractivity contribution in [3.63, 3.8) is 0 Å². The van der Waals surface area contributed by atoms with Crippen LogP contribution in [0.5, 0.6) is 0 Å². The van der Waals surface area contributed by atoms with Crippen LogP contribution < -0.4 is 5.32 Å². The zero-order valence-corrected chi connectivity index (χ0v) is 12.4. The molecule has 1 N–H and O–H groups in total. The number of hydrogen-bond donors (Lipinski definition) is 1. The first-order chi connectivity index (χ1) is 8.58. The van der Waals surface area contributed by atoms with Gasteiger partial charge >= 0.3 is 0 Å². The average Bonchev–Trinajstić information content (AvgIpc) is 3.19. The molecule has 1 unspecified atom stereocenters. The van der Waals surface area contributed by atoms with E-state index in [0.717, 1.165) is 17.3 Å². The molecule has 98 valence electrons. The van der Waals surface area contributed by atoms with Crippen LogP contribution >= 0.6 is 15.9 Å². The van der Waals surface area contributed by atoms with Gasteiger partial charge in [0.05, 0.1) is 6.54 Å². The van der Waals surface area contributed by atoms with Crippen molar-refractivity contribution < 1.29 is 4.79 Å². The van der Waals surface area contributed by atoms with E-state index in [0.29, 0.717) is 12.6 Å². The summed E-state index contributed by atoms with van der Waals surface area (Å²) in [6.07, 6.45) is 2.31. The summed E-state index contributed by atoms with van der Waals surface area (Å²) in [4.78, 5) is 13.7.